The predicted molar refractivity (Wildman–Crippen MR) is 130 cm³/mol. The number of pyridine rings is 1. The van der Waals surface area contributed by atoms with E-state index in [0.717, 1.165) is 42.1 Å². The van der Waals surface area contributed by atoms with Crippen molar-refractivity contribution < 1.29 is 19.5 Å². The van der Waals surface area contributed by atoms with E-state index in [2.05, 4.69) is 10.6 Å². The van der Waals surface area contributed by atoms with Crippen molar-refractivity contribution in [3.8, 4) is 11.3 Å². The van der Waals surface area contributed by atoms with Crippen molar-refractivity contribution in [2.45, 2.75) is 25.7 Å². The van der Waals surface area contributed by atoms with E-state index in [9.17, 15) is 14.4 Å². The Morgan fingerprint density at radius 1 is 0.912 bits per heavy atom. The summed E-state index contributed by atoms with van der Waals surface area (Å²) in [5.41, 5.74) is 8.46. The van der Waals surface area contributed by atoms with Crippen LogP contribution in [-0.2, 0) is 0 Å². The Morgan fingerprint density at radius 2 is 1.53 bits per heavy atom. The Bertz CT molecular complexity index is 1200. The molecule has 4 rings (SSSR count). The summed E-state index contributed by atoms with van der Waals surface area (Å²) in [6.45, 7) is 1.07. The number of para-hydroxylation sites is 1. The standard InChI is InChI=1S/C26H28N4O4/c27-24(31)19-11-9-18(10-12-19)23-13-21(20-3-1-2-4-22(20)30-23)25(32)28-14-16-5-7-17(8-6-16)15-29-26(33)34/h1-4,9-13,16-17,29H,5-8,14-15H2,(H2,27,31)(H,28,32)(H,33,34). The third kappa shape index (κ3) is 5.51. The first-order valence-corrected chi connectivity index (χ1v) is 11.5. The fraction of sp³-hybridized carbons (Fsp3) is 0.308. The van der Waals surface area contributed by atoms with Gasteiger partial charge in [0.05, 0.1) is 16.8 Å². The Labute approximate surface area is 197 Å². The van der Waals surface area contributed by atoms with Gasteiger partial charge < -0.3 is 21.5 Å². The van der Waals surface area contributed by atoms with Crippen LogP contribution in [0.15, 0.2) is 54.6 Å². The molecular formula is C26H28N4O4. The molecule has 1 saturated carbocycles. The molecule has 0 radical (unpaired) electrons. The molecule has 1 fully saturated rings. The minimum absolute atomic E-state index is 0.150. The lowest BCUT2D eigenvalue weighted by molar-refractivity contribution is 0.0941. The second kappa shape index (κ2) is 10.3. The van der Waals surface area contributed by atoms with Gasteiger partial charge in [-0.25, -0.2) is 9.78 Å². The van der Waals surface area contributed by atoms with Crippen LogP contribution in [0.4, 0.5) is 4.79 Å². The molecule has 0 unspecified atom stereocenters. The highest BCUT2D eigenvalue weighted by atomic mass is 16.4. The zero-order valence-electron chi connectivity index (χ0n) is 18.8. The number of nitrogens with two attached hydrogens (primary N) is 1. The Morgan fingerprint density at radius 3 is 2.15 bits per heavy atom. The van der Waals surface area contributed by atoms with Crippen molar-refractivity contribution in [1.29, 1.82) is 0 Å². The summed E-state index contributed by atoms with van der Waals surface area (Å²) in [6.07, 6.45) is 2.83. The fourth-order valence-corrected chi connectivity index (χ4v) is 4.52. The van der Waals surface area contributed by atoms with Gasteiger partial charge in [0.25, 0.3) is 5.91 Å². The molecule has 176 valence electrons. The van der Waals surface area contributed by atoms with Crippen molar-refractivity contribution in [1.82, 2.24) is 15.6 Å². The molecule has 3 aromatic rings. The molecule has 1 aromatic heterocycles. The van der Waals surface area contributed by atoms with E-state index in [4.69, 9.17) is 15.8 Å². The largest absolute Gasteiger partial charge is 0.465 e. The summed E-state index contributed by atoms with van der Waals surface area (Å²) < 4.78 is 0. The molecule has 2 aromatic carbocycles. The summed E-state index contributed by atoms with van der Waals surface area (Å²) >= 11 is 0. The second-order valence-electron chi connectivity index (χ2n) is 8.80. The first-order valence-electron chi connectivity index (χ1n) is 11.5. The first-order chi connectivity index (χ1) is 16.4. The van der Waals surface area contributed by atoms with Gasteiger partial charge in [0.15, 0.2) is 0 Å². The quantitative estimate of drug-likeness (QED) is 0.425. The Balaban J connectivity index is 1.47. The lowest BCUT2D eigenvalue weighted by atomic mass is 9.82. The summed E-state index contributed by atoms with van der Waals surface area (Å²) in [5, 5.41) is 15.1. The number of carbonyl (C=O) groups excluding carboxylic acids is 2. The number of carboxylic acid groups (broad SMARTS) is 1. The third-order valence-electron chi connectivity index (χ3n) is 6.49. The van der Waals surface area contributed by atoms with Crippen LogP contribution >= 0.6 is 0 Å². The van der Waals surface area contributed by atoms with E-state index >= 15 is 0 Å². The number of fused-ring (bicyclic) bond motifs is 1. The highest BCUT2D eigenvalue weighted by molar-refractivity contribution is 6.07. The van der Waals surface area contributed by atoms with E-state index in [-0.39, 0.29) is 5.91 Å². The molecule has 1 heterocycles. The van der Waals surface area contributed by atoms with Crippen molar-refractivity contribution >= 4 is 28.8 Å². The van der Waals surface area contributed by atoms with Crippen LogP contribution in [-0.4, -0.2) is 41.1 Å². The third-order valence-corrected chi connectivity index (χ3v) is 6.49. The zero-order chi connectivity index (χ0) is 24.1. The van der Waals surface area contributed by atoms with Crippen LogP contribution in [0, 0.1) is 11.8 Å². The number of carbonyl (C=O) groups is 3. The molecule has 8 nitrogen and oxygen atoms in total. The maximum absolute atomic E-state index is 13.2. The number of primary amides is 1. The van der Waals surface area contributed by atoms with E-state index in [1.807, 2.05) is 24.3 Å². The minimum Gasteiger partial charge on any atom is -0.465 e. The van der Waals surface area contributed by atoms with Crippen LogP contribution in [0.2, 0.25) is 0 Å². The van der Waals surface area contributed by atoms with Gasteiger partial charge in [-0.1, -0.05) is 30.3 Å². The molecular weight excluding hydrogens is 432 g/mol. The monoisotopic (exact) mass is 460 g/mol. The number of amides is 3. The molecule has 0 aliphatic heterocycles. The van der Waals surface area contributed by atoms with Gasteiger partial charge in [0.2, 0.25) is 5.91 Å². The molecule has 34 heavy (non-hydrogen) atoms. The number of hydrogen-bond acceptors (Lipinski definition) is 4. The number of nitrogens with zero attached hydrogens (tertiary/aromatic N) is 1. The van der Waals surface area contributed by atoms with Crippen LogP contribution in [0.3, 0.4) is 0 Å². The van der Waals surface area contributed by atoms with Crippen LogP contribution in [0.5, 0.6) is 0 Å². The first kappa shape index (κ1) is 23.2. The fourth-order valence-electron chi connectivity index (χ4n) is 4.52. The van der Waals surface area contributed by atoms with Gasteiger partial charge in [0.1, 0.15) is 0 Å². The second-order valence-corrected chi connectivity index (χ2v) is 8.80. The maximum atomic E-state index is 13.2. The van der Waals surface area contributed by atoms with Gasteiger partial charge >= 0.3 is 6.09 Å². The maximum Gasteiger partial charge on any atom is 0.404 e. The topological polar surface area (TPSA) is 134 Å². The predicted octanol–water partition coefficient (Wildman–Crippen LogP) is 3.80. The molecule has 0 atom stereocenters. The highest BCUT2D eigenvalue weighted by Gasteiger charge is 2.22. The number of benzene rings is 2. The summed E-state index contributed by atoms with van der Waals surface area (Å²) in [5.74, 6) is 0.0863. The SMILES string of the molecule is NC(=O)c1ccc(-c2cc(C(=O)NCC3CCC(CNC(=O)O)CC3)c3ccccc3n2)cc1. The molecule has 3 amide bonds. The normalized spacial score (nSPS) is 17.8. The molecule has 0 spiro atoms. The number of rotatable bonds is 7. The molecule has 1 aliphatic rings. The van der Waals surface area contributed by atoms with E-state index < -0.39 is 12.0 Å². The summed E-state index contributed by atoms with van der Waals surface area (Å²) in [6, 6.07) is 16.2. The smallest absolute Gasteiger partial charge is 0.404 e. The van der Waals surface area contributed by atoms with Gasteiger partial charge in [-0.15, -0.1) is 0 Å². The van der Waals surface area contributed by atoms with Gasteiger partial charge in [-0.05, 0) is 61.8 Å². The number of hydrogen-bond donors (Lipinski definition) is 4. The molecule has 0 bridgehead atoms. The van der Waals surface area contributed by atoms with Crippen LogP contribution in [0.1, 0.15) is 46.4 Å². The van der Waals surface area contributed by atoms with Crippen molar-refractivity contribution in [3.05, 3.63) is 65.7 Å². The summed E-state index contributed by atoms with van der Waals surface area (Å²) in [7, 11) is 0. The lowest BCUT2D eigenvalue weighted by Gasteiger charge is -2.28. The average molecular weight is 461 g/mol. The zero-order valence-corrected chi connectivity index (χ0v) is 18.8. The lowest BCUT2D eigenvalue weighted by Crippen LogP contribution is -2.34. The molecule has 8 heteroatoms. The Kier molecular flexibility index (Phi) is 7.06. The minimum atomic E-state index is -0.984. The number of nitrogens with one attached hydrogen (secondary N) is 2. The van der Waals surface area contributed by atoms with Crippen molar-refractivity contribution in [3.63, 3.8) is 0 Å². The average Bonchev–Trinajstić information content (AvgIpc) is 2.86. The van der Waals surface area contributed by atoms with Gasteiger partial charge in [-0.2, -0.15) is 0 Å². The van der Waals surface area contributed by atoms with E-state index in [1.165, 1.54) is 0 Å². The van der Waals surface area contributed by atoms with Crippen molar-refractivity contribution in [2.75, 3.05) is 13.1 Å². The van der Waals surface area contributed by atoms with E-state index in [0.29, 0.717) is 41.7 Å². The number of aromatic nitrogens is 1. The molecule has 0 saturated heterocycles. The van der Waals surface area contributed by atoms with E-state index in [1.54, 1.807) is 30.3 Å². The van der Waals surface area contributed by atoms with Crippen LogP contribution in [0.25, 0.3) is 22.2 Å². The molecule has 1 aliphatic carbocycles. The van der Waals surface area contributed by atoms with Crippen molar-refractivity contribution in [2.24, 2.45) is 17.6 Å². The molecule has 5 N–H and O–H groups in total. The van der Waals surface area contributed by atoms with Crippen LogP contribution < -0.4 is 16.4 Å². The highest BCUT2D eigenvalue weighted by Crippen LogP contribution is 2.29. The van der Waals surface area contributed by atoms with Gasteiger partial charge in [0, 0.05) is 29.6 Å². The Hall–Kier alpha value is -3.94. The van der Waals surface area contributed by atoms with Gasteiger partial charge in [-0.3, -0.25) is 9.59 Å². The summed E-state index contributed by atoms with van der Waals surface area (Å²) in [4.78, 5) is 40.0.